The molecule has 0 aliphatic rings. The molecule has 0 heterocycles. The molecule has 1 atom stereocenters. The van der Waals surface area contributed by atoms with Crippen LogP contribution in [-0.4, -0.2) is 26.2 Å². The van der Waals surface area contributed by atoms with E-state index in [2.05, 4.69) is 4.72 Å². The topological polar surface area (TPSA) is 66.4 Å². The molecular weight excluding hydrogens is 274 g/mol. The van der Waals surface area contributed by atoms with Gasteiger partial charge in [0.05, 0.1) is 11.0 Å². The van der Waals surface area contributed by atoms with Gasteiger partial charge in [-0.3, -0.25) is 0 Å². The van der Waals surface area contributed by atoms with Gasteiger partial charge in [0.2, 0.25) is 10.0 Å². The van der Waals surface area contributed by atoms with Gasteiger partial charge in [0.15, 0.2) is 0 Å². The maximum atomic E-state index is 12.4. The van der Waals surface area contributed by atoms with Crippen LogP contribution >= 0.6 is 0 Å². The molecule has 0 bridgehead atoms. The van der Waals surface area contributed by atoms with E-state index in [1.807, 2.05) is 39.8 Å². The Labute approximate surface area is 122 Å². The summed E-state index contributed by atoms with van der Waals surface area (Å²) in [7, 11) is -3.60. The van der Waals surface area contributed by atoms with Gasteiger partial charge in [0.1, 0.15) is 0 Å². The highest BCUT2D eigenvalue weighted by atomic mass is 32.2. The van der Waals surface area contributed by atoms with Gasteiger partial charge >= 0.3 is 0 Å². The van der Waals surface area contributed by atoms with Crippen molar-refractivity contribution < 1.29 is 13.5 Å². The standard InChI is InChI=1S/C15H25NO3S/c1-10-7-11(2)14(12(3)8-10)20(18,19)16-9-13(17)15(4,5)6/h7-8,13,16-17H,9H2,1-6H3. The third-order valence-corrected chi connectivity index (χ3v) is 5.07. The summed E-state index contributed by atoms with van der Waals surface area (Å²) in [5.41, 5.74) is 2.12. The molecule has 1 aromatic rings. The third kappa shape index (κ3) is 4.04. The van der Waals surface area contributed by atoms with Crippen LogP contribution in [0.15, 0.2) is 17.0 Å². The first-order chi connectivity index (χ1) is 8.95. The molecule has 0 aromatic heterocycles. The first-order valence-electron chi connectivity index (χ1n) is 6.70. The third-order valence-electron chi connectivity index (χ3n) is 3.34. The van der Waals surface area contributed by atoms with Gasteiger partial charge in [0.25, 0.3) is 0 Å². The Morgan fingerprint density at radius 3 is 2.00 bits per heavy atom. The van der Waals surface area contributed by atoms with Gasteiger partial charge in [-0.25, -0.2) is 13.1 Å². The molecule has 114 valence electrons. The summed E-state index contributed by atoms with van der Waals surface area (Å²) >= 11 is 0. The minimum Gasteiger partial charge on any atom is -0.391 e. The zero-order valence-corrected chi connectivity index (χ0v) is 13.9. The number of aliphatic hydroxyl groups excluding tert-OH is 1. The van der Waals surface area contributed by atoms with E-state index in [9.17, 15) is 13.5 Å². The van der Waals surface area contributed by atoms with Gasteiger partial charge in [-0.05, 0) is 37.3 Å². The van der Waals surface area contributed by atoms with Crippen LogP contribution < -0.4 is 4.72 Å². The van der Waals surface area contributed by atoms with E-state index in [1.54, 1.807) is 13.8 Å². The van der Waals surface area contributed by atoms with E-state index in [1.165, 1.54) is 0 Å². The van der Waals surface area contributed by atoms with E-state index in [-0.39, 0.29) is 12.0 Å². The Kier molecular flexibility index (Phi) is 5.00. The van der Waals surface area contributed by atoms with Crippen molar-refractivity contribution in [1.29, 1.82) is 0 Å². The number of nitrogens with one attached hydrogen (secondary N) is 1. The molecule has 4 nitrogen and oxygen atoms in total. The highest BCUT2D eigenvalue weighted by Crippen LogP contribution is 2.23. The van der Waals surface area contributed by atoms with Gasteiger partial charge in [-0.2, -0.15) is 0 Å². The molecule has 2 N–H and O–H groups in total. The minimum absolute atomic E-state index is 0.0125. The zero-order chi connectivity index (χ0) is 15.7. The fourth-order valence-electron chi connectivity index (χ4n) is 2.16. The van der Waals surface area contributed by atoms with Crippen LogP contribution in [0.1, 0.15) is 37.5 Å². The second-order valence-corrected chi connectivity index (χ2v) is 8.17. The fraction of sp³-hybridized carbons (Fsp3) is 0.600. The van der Waals surface area contributed by atoms with Crippen molar-refractivity contribution in [1.82, 2.24) is 4.72 Å². The molecular formula is C15H25NO3S. The lowest BCUT2D eigenvalue weighted by atomic mass is 9.89. The normalized spacial score (nSPS) is 14.3. The predicted molar refractivity (Wildman–Crippen MR) is 81.3 cm³/mol. The molecule has 0 radical (unpaired) electrons. The summed E-state index contributed by atoms with van der Waals surface area (Å²) in [6.07, 6.45) is -0.733. The lowest BCUT2D eigenvalue weighted by Gasteiger charge is -2.26. The molecule has 5 heteroatoms. The van der Waals surface area contributed by atoms with Crippen molar-refractivity contribution in [2.45, 2.75) is 52.5 Å². The zero-order valence-electron chi connectivity index (χ0n) is 13.1. The van der Waals surface area contributed by atoms with Crippen LogP contribution in [-0.2, 0) is 10.0 Å². The van der Waals surface area contributed by atoms with Crippen molar-refractivity contribution in [2.24, 2.45) is 5.41 Å². The average Bonchev–Trinajstić information content (AvgIpc) is 2.22. The van der Waals surface area contributed by atoms with Gasteiger partial charge in [-0.1, -0.05) is 38.5 Å². The van der Waals surface area contributed by atoms with Crippen molar-refractivity contribution in [3.05, 3.63) is 28.8 Å². The first-order valence-corrected chi connectivity index (χ1v) is 8.19. The number of hydrogen-bond donors (Lipinski definition) is 2. The number of aliphatic hydroxyl groups is 1. The lowest BCUT2D eigenvalue weighted by Crippen LogP contribution is -2.39. The molecule has 0 amide bonds. The first kappa shape index (κ1) is 17.1. The van der Waals surface area contributed by atoms with Crippen LogP contribution in [0.2, 0.25) is 0 Å². The summed E-state index contributed by atoms with van der Waals surface area (Å²) in [6.45, 7) is 11.1. The molecule has 1 rings (SSSR count). The fourth-order valence-corrected chi connectivity index (χ4v) is 3.64. The van der Waals surface area contributed by atoms with Crippen LogP contribution in [0, 0.1) is 26.2 Å². The summed E-state index contributed by atoms with van der Waals surface area (Å²) < 4.78 is 27.3. The van der Waals surface area contributed by atoms with Crippen LogP contribution in [0.3, 0.4) is 0 Å². The van der Waals surface area contributed by atoms with Crippen molar-refractivity contribution in [3.8, 4) is 0 Å². The second-order valence-electron chi connectivity index (χ2n) is 6.46. The molecule has 0 aliphatic carbocycles. The van der Waals surface area contributed by atoms with Crippen LogP contribution in [0.25, 0.3) is 0 Å². The second kappa shape index (κ2) is 5.84. The SMILES string of the molecule is Cc1cc(C)c(S(=O)(=O)NCC(O)C(C)(C)C)c(C)c1. The monoisotopic (exact) mass is 299 g/mol. The Bertz CT molecular complexity index is 563. The van der Waals surface area contributed by atoms with E-state index in [0.717, 1.165) is 16.7 Å². The van der Waals surface area contributed by atoms with Crippen LogP contribution in [0.4, 0.5) is 0 Å². The quantitative estimate of drug-likeness (QED) is 0.896. The highest BCUT2D eigenvalue weighted by Gasteiger charge is 2.26. The number of hydrogen-bond acceptors (Lipinski definition) is 3. The lowest BCUT2D eigenvalue weighted by molar-refractivity contribution is 0.0677. The molecule has 0 saturated heterocycles. The van der Waals surface area contributed by atoms with Crippen LogP contribution in [0.5, 0.6) is 0 Å². The smallest absolute Gasteiger partial charge is 0.241 e. The molecule has 0 saturated carbocycles. The van der Waals surface area contributed by atoms with Gasteiger partial charge in [0, 0.05) is 6.54 Å². The molecule has 1 aromatic carbocycles. The number of aryl methyl sites for hydroxylation is 3. The molecule has 20 heavy (non-hydrogen) atoms. The van der Waals surface area contributed by atoms with E-state index < -0.39 is 16.1 Å². The Morgan fingerprint density at radius 2 is 1.60 bits per heavy atom. The van der Waals surface area contributed by atoms with Crippen molar-refractivity contribution in [3.63, 3.8) is 0 Å². The number of benzene rings is 1. The molecule has 1 unspecified atom stereocenters. The summed E-state index contributed by atoms with van der Waals surface area (Å²) in [5.74, 6) is 0. The number of rotatable bonds is 4. The van der Waals surface area contributed by atoms with E-state index in [4.69, 9.17) is 0 Å². The number of sulfonamides is 1. The largest absolute Gasteiger partial charge is 0.391 e. The van der Waals surface area contributed by atoms with Crippen molar-refractivity contribution >= 4 is 10.0 Å². The molecule has 0 aliphatic heterocycles. The Balaban J connectivity index is 3.02. The molecule has 0 fully saturated rings. The van der Waals surface area contributed by atoms with Gasteiger partial charge in [-0.15, -0.1) is 0 Å². The maximum Gasteiger partial charge on any atom is 0.241 e. The summed E-state index contributed by atoms with van der Waals surface area (Å²) in [5, 5.41) is 9.95. The maximum absolute atomic E-state index is 12.4. The van der Waals surface area contributed by atoms with Crippen molar-refractivity contribution in [2.75, 3.05) is 6.54 Å². The summed E-state index contributed by atoms with van der Waals surface area (Å²) in [4.78, 5) is 0.309. The predicted octanol–water partition coefficient (Wildman–Crippen LogP) is 2.30. The van der Waals surface area contributed by atoms with Gasteiger partial charge < -0.3 is 5.11 Å². The minimum atomic E-state index is -3.60. The van der Waals surface area contributed by atoms with E-state index in [0.29, 0.717) is 4.90 Å². The summed E-state index contributed by atoms with van der Waals surface area (Å²) in [6, 6.07) is 3.70. The highest BCUT2D eigenvalue weighted by molar-refractivity contribution is 7.89. The Morgan fingerprint density at radius 1 is 1.15 bits per heavy atom. The van der Waals surface area contributed by atoms with E-state index >= 15 is 0 Å². The molecule has 0 spiro atoms. The Hall–Kier alpha value is -0.910. The average molecular weight is 299 g/mol.